The van der Waals surface area contributed by atoms with Crippen LogP contribution in [0.2, 0.25) is 5.02 Å². The van der Waals surface area contributed by atoms with Crippen molar-refractivity contribution in [3.8, 4) is 0 Å². The molecule has 0 spiro atoms. The molecule has 7 heteroatoms. The van der Waals surface area contributed by atoms with Crippen LogP contribution in [-0.2, 0) is 16.6 Å². The summed E-state index contributed by atoms with van der Waals surface area (Å²) >= 11 is 7.30. The molecule has 23 heavy (non-hydrogen) atoms. The van der Waals surface area contributed by atoms with E-state index in [0.29, 0.717) is 23.0 Å². The van der Waals surface area contributed by atoms with Gasteiger partial charge in [-0.1, -0.05) is 23.7 Å². The van der Waals surface area contributed by atoms with Crippen LogP contribution in [0.1, 0.15) is 33.9 Å². The minimum Gasteiger partial charge on any atom is -0.476 e. The number of carbonyl (C=O) groups is 2. The first-order valence-corrected chi connectivity index (χ1v) is 8.49. The van der Waals surface area contributed by atoms with Crippen molar-refractivity contribution < 1.29 is 14.7 Å². The van der Waals surface area contributed by atoms with Crippen LogP contribution in [0.5, 0.6) is 0 Å². The Hall–Kier alpha value is -1.92. The van der Waals surface area contributed by atoms with E-state index in [-0.39, 0.29) is 11.6 Å². The van der Waals surface area contributed by atoms with E-state index in [0.717, 1.165) is 18.4 Å². The number of aromatic carboxylic acids is 1. The Morgan fingerprint density at radius 3 is 2.78 bits per heavy atom. The standard InChI is InChI=1S/C16H15ClN2O3S/c17-11-3-1-2-10(8-11)16(5-6-16)15(22)18-7-4-13-19-12(9-23-13)14(20)21/h1-3,8-9H,4-7H2,(H,18,22)(H,20,21). The molecule has 1 amide bonds. The summed E-state index contributed by atoms with van der Waals surface area (Å²) < 4.78 is 0. The van der Waals surface area contributed by atoms with Crippen molar-refractivity contribution in [3.05, 3.63) is 50.9 Å². The average Bonchev–Trinajstić information content (AvgIpc) is 3.20. The van der Waals surface area contributed by atoms with Gasteiger partial charge in [-0.15, -0.1) is 11.3 Å². The summed E-state index contributed by atoms with van der Waals surface area (Å²) in [4.78, 5) is 27.3. The summed E-state index contributed by atoms with van der Waals surface area (Å²) in [5, 5.41) is 14.6. The Bertz CT molecular complexity index is 755. The van der Waals surface area contributed by atoms with Crippen molar-refractivity contribution in [2.45, 2.75) is 24.7 Å². The molecular weight excluding hydrogens is 336 g/mol. The van der Waals surface area contributed by atoms with Gasteiger partial charge in [0.2, 0.25) is 5.91 Å². The molecular formula is C16H15ClN2O3S. The van der Waals surface area contributed by atoms with E-state index in [9.17, 15) is 9.59 Å². The summed E-state index contributed by atoms with van der Waals surface area (Å²) in [7, 11) is 0. The molecule has 0 bridgehead atoms. The third kappa shape index (κ3) is 3.38. The van der Waals surface area contributed by atoms with Gasteiger partial charge in [-0.05, 0) is 30.5 Å². The summed E-state index contributed by atoms with van der Waals surface area (Å²) in [6.45, 7) is 0.438. The Morgan fingerprint density at radius 1 is 1.39 bits per heavy atom. The molecule has 1 aliphatic carbocycles. The molecule has 5 nitrogen and oxygen atoms in total. The number of nitrogens with one attached hydrogen (secondary N) is 1. The second-order valence-electron chi connectivity index (χ2n) is 5.53. The van der Waals surface area contributed by atoms with Crippen molar-refractivity contribution in [2.24, 2.45) is 0 Å². The normalized spacial score (nSPS) is 15.2. The molecule has 1 fully saturated rings. The van der Waals surface area contributed by atoms with E-state index in [1.807, 2.05) is 18.2 Å². The van der Waals surface area contributed by atoms with Gasteiger partial charge in [-0.25, -0.2) is 9.78 Å². The van der Waals surface area contributed by atoms with Gasteiger partial charge < -0.3 is 10.4 Å². The lowest BCUT2D eigenvalue weighted by atomic mass is 9.95. The molecule has 0 atom stereocenters. The third-order valence-corrected chi connectivity index (χ3v) is 5.10. The first-order chi connectivity index (χ1) is 11.0. The van der Waals surface area contributed by atoms with E-state index in [2.05, 4.69) is 10.3 Å². The van der Waals surface area contributed by atoms with Gasteiger partial charge in [-0.3, -0.25) is 4.79 Å². The molecule has 1 aliphatic rings. The highest BCUT2D eigenvalue weighted by atomic mass is 35.5. The number of hydrogen-bond acceptors (Lipinski definition) is 4. The molecule has 1 aromatic carbocycles. The highest BCUT2D eigenvalue weighted by Gasteiger charge is 2.51. The number of thiazole rings is 1. The predicted molar refractivity (Wildman–Crippen MR) is 88.2 cm³/mol. The number of carboxylic acid groups (broad SMARTS) is 1. The number of hydrogen-bond donors (Lipinski definition) is 2. The van der Waals surface area contributed by atoms with Gasteiger partial charge in [0.1, 0.15) is 0 Å². The number of carboxylic acids is 1. The molecule has 120 valence electrons. The van der Waals surface area contributed by atoms with Gasteiger partial charge >= 0.3 is 5.97 Å². The van der Waals surface area contributed by atoms with Gasteiger partial charge in [0.15, 0.2) is 5.69 Å². The zero-order chi connectivity index (χ0) is 16.4. The van der Waals surface area contributed by atoms with Gasteiger partial charge in [0, 0.05) is 23.4 Å². The van der Waals surface area contributed by atoms with Crippen LogP contribution >= 0.6 is 22.9 Å². The van der Waals surface area contributed by atoms with Crippen molar-refractivity contribution in [1.82, 2.24) is 10.3 Å². The first kappa shape index (κ1) is 16.0. The molecule has 2 aromatic rings. The molecule has 0 aliphatic heterocycles. The van der Waals surface area contributed by atoms with Crippen LogP contribution in [-0.4, -0.2) is 28.5 Å². The first-order valence-electron chi connectivity index (χ1n) is 7.23. The molecule has 3 rings (SSSR count). The van der Waals surface area contributed by atoms with Crippen LogP contribution in [0.3, 0.4) is 0 Å². The second-order valence-corrected chi connectivity index (χ2v) is 6.91. The molecule has 0 radical (unpaired) electrons. The average molecular weight is 351 g/mol. The van der Waals surface area contributed by atoms with Crippen LogP contribution < -0.4 is 5.32 Å². The number of benzene rings is 1. The van der Waals surface area contributed by atoms with E-state index < -0.39 is 11.4 Å². The summed E-state index contributed by atoms with van der Waals surface area (Å²) in [5.41, 5.74) is 0.541. The molecule has 1 heterocycles. The quantitative estimate of drug-likeness (QED) is 0.839. The van der Waals surface area contributed by atoms with Crippen LogP contribution in [0.4, 0.5) is 0 Å². The second kappa shape index (κ2) is 6.29. The summed E-state index contributed by atoms with van der Waals surface area (Å²) in [6, 6.07) is 7.42. The van der Waals surface area contributed by atoms with Crippen LogP contribution in [0, 0.1) is 0 Å². The summed E-state index contributed by atoms with van der Waals surface area (Å²) in [5.74, 6) is -1.04. The van der Waals surface area contributed by atoms with Gasteiger partial charge in [0.25, 0.3) is 0 Å². The highest BCUT2D eigenvalue weighted by Crippen LogP contribution is 2.48. The van der Waals surface area contributed by atoms with Crippen molar-refractivity contribution in [1.29, 1.82) is 0 Å². The van der Waals surface area contributed by atoms with Crippen LogP contribution in [0.25, 0.3) is 0 Å². The Kier molecular flexibility index (Phi) is 4.37. The number of rotatable bonds is 6. The maximum Gasteiger partial charge on any atom is 0.355 e. The number of aromatic nitrogens is 1. The fourth-order valence-electron chi connectivity index (χ4n) is 2.53. The van der Waals surface area contributed by atoms with Gasteiger partial charge in [0.05, 0.1) is 10.4 Å². The monoisotopic (exact) mass is 350 g/mol. The lowest BCUT2D eigenvalue weighted by molar-refractivity contribution is -0.123. The highest BCUT2D eigenvalue weighted by molar-refractivity contribution is 7.09. The van der Waals surface area contributed by atoms with Crippen LogP contribution in [0.15, 0.2) is 29.6 Å². The van der Waals surface area contributed by atoms with Gasteiger partial charge in [-0.2, -0.15) is 0 Å². The number of amides is 1. The molecule has 0 unspecified atom stereocenters. The maximum absolute atomic E-state index is 12.5. The number of nitrogens with zero attached hydrogens (tertiary/aromatic N) is 1. The SMILES string of the molecule is O=C(O)c1csc(CCNC(=O)C2(c3cccc(Cl)c3)CC2)n1. The van der Waals surface area contributed by atoms with Crippen molar-refractivity contribution in [3.63, 3.8) is 0 Å². The topological polar surface area (TPSA) is 79.3 Å². The molecule has 0 saturated heterocycles. The summed E-state index contributed by atoms with van der Waals surface area (Å²) in [6.07, 6.45) is 2.16. The predicted octanol–water partition coefficient (Wildman–Crippen LogP) is 2.89. The Balaban J connectivity index is 1.58. The number of halogens is 1. The lowest BCUT2D eigenvalue weighted by Crippen LogP contribution is -2.35. The lowest BCUT2D eigenvalue weighted by Gasteiger charge is -2.15. The minimum absolute atomic E-state index is 0.00483. The van der Waals surface area contributed by atoms with E-state index in [1.54, 1.807) is 6.07 Å². The zero-order valence-corrected chi connectivity index (χ0v) is 13.8. The molecule has 2 N–H and O–H groups in total. The Labute approximate surface area is 142 Å². The molecule has 1 saturated carbocycles. The smallest absolute Gasteiger partial charge is 0.355 e. The third-order valence-electron chi connectivity index (χ3n) is 3.96. The van der Waals surface area contributed by atoms with Crippen molar-refractivity contribution >= 4 is 34.8 Å². The fourth-order valence-corrected chi connectivity index (χ4v) is 3.50. The molecule has 1 aromatic heterocycles. The van der Waals surface area contributed by atoms with Crippen molar-refractivity contribution in [2.75, 3.05) is 6.54 Å². The maximum atomic E-state index is 12.5. The largest absolute Gasteiger partial charge is 0.476 e. The fraction of sp³-hybridized carbons (Fsp3) is 0.312. The minimum atomic E-state index is -1.03. The van der Waals surface area contributed by atoms with E-state index in [4.69, 9.17) is 16.7 Å². The zero-order valence-electron chi connectivity index (χ0n) is 12.2. The number of carbonyl (C=O) groups excluding carboxylic acids is 1. The van der Waals surface area contributed by atoms with E-state index >= 15 is 0 Å². The van der Waals surface area contributed by atoms with E-state index in [1.165, 1.54) is 16.7 Å². The Morgan fingerprint density at radius 2 is 2.17 bits per heavy atom.